The lowest BCUT2D eigenvalue weighted by Crippen LogP contribution is -2.38. The first-order valence-corrected chi connectivity index (χ1v) is 8.43. The number of nitrogens with zero attached hydrogens (tertiary/aromatic N) is 4. The average Bonchev–Trinajstić information content (AvgIpc) is 3.09. The Bertz CT molecular complexity index is 730. The number of amides is 1. The molecule has 1 saturated carbocycles. The number of carbonyl (C=O) groups is 1. The molecule has 2 aromatic rings. The standard InChI is InChI=1S/C17H23N5O2/c1-13-3-2-4-17(24)22(13)10-9-16(23)20-14-5-7-15(8-6-14)21-11-18-19-12-21/h2-4,11-12,14-15H,5-10H2,1H3,(H,20,23). The fourth-order valence-electron chi connectivity index (χ4n) is 3.34. The van der Waals surface area contributed by atoms with E-state index in [1.807, 2.05) is 17.6 Å². The van der Waals surface area contributed by atoms with E-state index in [1.165, 1.54) is 6.07 Å². The maximum Gasteiger partial charge on any atom is 0.250 e. The Hall–Kier alpha value is -2.44. The molecular weight excluding hydrogens is 306 g/mol. The van der Waals surface area contributed by atoms with Crippen LogP contribution in [0.4, 0.5) is 0 Å². The lowest BCUT2D eigenvalue weighted by atomic mass is 9.91. The van der Waals surface area contributed by atoms with Gasteiger partial charge in [-0.05, 0) is 38.7 Å². The molecular formula is C17H23N5O2. The van der Waals surface area contributed by atoms with Gasteiger partial charge in [-0.2, -0.15) is 0 Å². The smallest absolute Gasteiger partial charge is 0.250 e. The van der Waals surface area contributed by atoms with Gasteiger partial charge in [-0.1, -0.05) is 6.07 Å². The van der Waals surface area contributed by atoms with Crippen molar-refractivity contribution >= 4 is 5.91 Å². The molecule has 2 heterocycles. The summed E-state index contributed by atoms with van der Waals surface area (Å²) in [6, 6.07) is 5.79. The first kappa shape index (κ1) is 16.4. The molecule has 1 aliphatic rings. The maximum absolute atomic E-state index is 12.2. The highest BCUT2D eigenvalue weighted by Crippen LogP contribution is 2.27. The minimum Gasteiger partial charge on any atom is -0.353 e. The topological polar surface area (TPSA) is 81.8 Å². The second kappa shape index (κ2) is 7.42. The van der Waals surface area contributed by atoms with Gasteiger partial charge in [-0.3, -0.25) is 9.59 Å². The van der Waals surface area contributed by atoms with E-state index >= 15 is 0 Å². The Morgan fingerprint density at radius 3 is 2.58 bits per heavy atom. The van der Waals surface area contributed by atoms with Crippen molar-refractivity contribution in [1.82, 2.24) is 24.6 Å². The zero-order valence-corrected chi connectivity index (χ0v) is 13.9. The van der Waals surface area contributed by atoms with Crippen molar-refractivity contribution in [3.05, 3.63) is 46.9 Å². The van der Waals surface area contributed by atoms with Gasteiger partial charge in [0.25, 0.3) is 5.56 Å². The van der Waals surface area contributed by atoms with Crippen molar-refractivity contribution < 1.29 is 4.79 Å². The van der Waals surface area contributed by atoms with E-state index < -0.39 is 0 Å². The van der Waals surface area contributed by atoms with Gasteiger partial charge in [0.05, 0.1) is 0 Å². The van der Waals surface area contributed by atoms with Gasteiger partial charge >= 0.3 is 0 Å². The molecule has 1 aliphatic carbocycles. The predicted molar refractivity (Wildman–Crippen MR) is 89.5 cm³/mol. The number of hydrogen-bond donors (Lipinski definition) is 1. The minimum atomic E-state index is -0.0581. The van der Waals surface area contributed by atoms with Crippen LogP contribution in [0, 0.1) is 6.92 Å². The predicted octanol–water partition coefficient (Wildman–Crippen LogP) is 1.44. The van der Waals surface area contributed by atoms with Gasteiger partial charge in [0.1, 0.15) is 12.7 Å². The van der Waals surface area contributed by atoms with Gasteiger partial charge < -0.3 is 14.5 Å². The molecule has 24 heavy (non-hydrogen) atoms. The SMILES string of the molecule is Cc1cccc(=O)n1CCC(=O)NC1CCC(n2cnnc2)CC1. The number of aromatic nitrogens is 4. The summed E-state index contributed by atoms with van der Waals surface area (Å²) in [5.41, 5.74) is 0.821. The van der Waals surface area contributed by atoms with Gasteiger partial charge in [0.2, 0.25) is 5.91 Å². The van der Waals surface area contributed by atoms with Gasteiger partial charge in [0, 0.05) is 36.8 Å². The van der Waals surface area contributed by atoms with E-state index in [1.54, 1.807) is 23.3 Å². The van der Waals surface area contributed by atoms with Crippen molar-refractivity contribution in [2.45, 2.75) is 57.7 Å². The number of pyridine rings is 1. The number of hydrogen-bond acceptors (Lipinski definition) is 4. The first-order valence-electron chi connectivity index (χ1n) is 8.43. The van der Waals surface area contributed by atoms with Gasteiger partial charge in [-0.25, -0.2) is 0 Å². The molecule has 1 amide bonds. The van der Waals surface area contributed by atoms with Crippen molar-refractivity contribution in [2.75, 3.05) is 0 Å². The summed E-state index contributed by atoms with van der Waals surface area (Å²) < 4.78 is 3.69. The third kappa shape index (κ3) is 3.90. The first-order chi connectivity index (χ1) is 11.6. The average molecular weight is 329 g/mol. The quantitative estimate of drug-likeness (QED) is 0.900. The fourth-order valence-corrected chi connectivity index (χ4v) is 3.34. The van der Waals surface area contributed by atoms with Crippen molar-refractivity contribution in [3.63, 3.8) is 0 Å². The third-order valence-electron chi connectivity index (χ3n) is 4.75. The molecule has 7 heteroatoms. The second-order valence-electron chi connectivity index (χ2n) is 6.39. The van der Waals surface area contributed by atoms with Crippen molar-refractivity contribution in [2.24, 2.45) is 0 Å². The lowest BCUT2D eigenvalue weighted by molar-refractivity contribution is -0.122. The summed E-state index contributed by atoms with van der Waals surface area (Å²) >= 11 is 0. The van der Waals surface area contributed by atoms with Crippen LogP contribution in [-0.4, -0.2) is 31.3 Å². The zero-order valence-electron chi connectivity index (χ0n) is 13.9. The largest absolute Gasteiger partial charge is 0.353 e. The van der Waals surface area contributed by atoms with Crippen LogP contribution in [0.5, 0.6) is 0 Å². The van der Waals surface area contributed by atoms with Crippen molar-refractivity contribution in [3.8, 4) is 0 Å². The second-order valence-corrected chi connectivity index (χ2v) is 6.39. The summed E-state index contributed by atoms with van der Waals surface area (Å²) in [7, 11) is 0. The monoisotopic (exact) mass is 329 g/mol. The van der Waals surface area contributed by atoms with Gasteiger partial charge in [-0.15, -0.1) is 10.2 Å². The molecule has 0 saturated heterocycles. The van der Waals surface area contributed by atoms with Crippen molar-refractivity contribution in [1.29, 1.82) is 0 Å². The summed E-state index contributed by atoms with van der Waals surface area (Å²) in [6.45, 7) is 2.30. The molecule has 0 aromatic carbocycles. The van der Waals surface area contributed by atoms with Gasteiger partial charge in [0.15, 0.2) is 0 Å². The highest BCUT2D eigenvalue weighted by atomic mass is 16.2. The van der Waals surface area contributed by atoms with E-state index in [0.717, 1.165) is 31.4 Å². The van der Waals surface area contributed by atoms with Crippen LogP contribution in [0.3, 0.4) is 0 Å². The lowest BCUT2D eigenvalue weighted by Gasteiger charge is -2.29. The number of aryl methyl sites for hydroxylation is 1. The van der Waals surface area contributed by atoms with E-state index in [-0.39, 0.29) is 17.5 Å². The molecule has 0 aliphatic heterocycles. The Morgan fingerprint density at radius 2 is 1.92 bits per heavy atom. The van der Waals surface area contributed by atoms with Crippen LogP contribution < -0.4 is 10.9 Å². The van der Waals surface area contributed by atoms with Crippen LogP contribution in [-0.2, 0) is 11.3 Å². The highest BCUT2D eigenvalue weighted by molar-refractivity contribution is 5.76. The molecule has 0 radical (unpaired) electrons. The van der Waals surface area contributed by atoms with E-state index in [4.69, 9.17) is 0 Å². The Labute approximate surface area is 140 Å². The van der Waals surface area contributed by atoms with E-state index in [9.17, 15) is 9.59 Å². The summed E-state index contributed by atoms with van der Waals surface area (Å²) in [6.07, 6.45) is 7.78. The summed E-state index contributed by atoms with van der Waals surface area (Å²) in [4.78, 5) is 24.0. The van der Waals surface area contributed by atoms with Crippen LogP contribution >= 0.6 is 0 Å². The highest BCUT2D eigenvalue weighted by Gasteiger charge is 2.23. The number of nitrogens with one attached hydrogen (secondary N) is 1. The molecule has 1 N–H and O–H groups in total. The molecule has 7 nitrogen and oxygen atoms in total. The van der Waals surface area contributed by atoms with Crippen LogP contribution in [0.15, 0.2) is 35.6 Å². The molecule has 128 valence electrons. The molecule has 2 aromatic heterocycles. The molecule has 0 atom stereocenters. The summed E-state index contributed by atoms with van der Waals surface area (Å²) in [5.74, 6) is 0.0119. The number of rotatable bonds is 5. The Morgan fingerprint density at radius 1 is 1.21 bits per heavy atom. The Kier molecular flexibility index (Phi) is 5.08. The fraction of sp³-hybridized carbons (Fsp3) is 0.529. The van der Waals surface area contributed by atoms with Crippen LogP contribution in [0.1, 0.15) is 43.8 Å². The van der Waals surface area contributed by atoms with Crippen LogP contribution in [0.25, 0.3) is 0 Å². The molecule has 0 unspecified atom stereocenters. The van der Waals surface area contributed by atoms with E-state index in [2.05, 4.69) is 15.5 Å². The molecule has 3 rings (SSSR count). The normalized spacial score (nSPS) is 20.7. The molecule has 1 fully saturated rings. The van der Waals surface area contributed by atoms with E-state index in [0.29, 0.717) is 19.0 Å². The van der Waals surface area contributed by atoms with Crippen LogP contribution in [0.2, 0.25) is 0 Å². The Balaban J connectivity index is 1.45. The zero-order chi connectivity index (χ0) is 16.9. The molecule has 0 spiro atoms. The maximum atomic E-state index is 12.2. The third-order valence-corrected chi connectivity index (χ3v) is 4.75. The molecule has 0 bridgehead atoms. The number of carbonyl (C=O) groups excluding carboxylic acids is 1. The minimum absolute atomic E-state index is 0.0119. The summed E-state index contributed by atoms with van der Waals surface area (Å²) in [5, 5.41) is 10.8.